The van der Waals surface area contributed by atoms with Gasteiger partial charge in [0.2, 0.25) is 5.43 Å². The van der Waals surface area contributed by atoms with Crippen LogP contribution in [0.15, 0.2) is 11.0 Å². The van der Waals surface area contributed by atoms with Crippen LogP contribution < -0.4 is 15.1 Å². The van der Waals surface area contributed by atoms with E-state index in [2.05, 4.69) is 11.8 Å². The van der Waals surface area contributed by atoms with Gasteiger partial charge in [0.25, 0.3) is 0 Å². The molecule has 1 aliphatic heterocycles. The molecule has 1 aromatic carbocycles. The van der Waals surface area contributed by atoms with E-state index >= 15 is 4.39 Å². The Balaban J connectivity index is 2.04. The number of aromatic nitrogens is 1. The minimum Gasteiger partial charge on any atom is -0.492 e. The van der Waals surface area contributed by atoms with Crippen molar-refractivity contribution >= 4 is 22.6 Å². The average molecular weight is 417 g/mol. The van der Waals surface area contributed by atoms with Crippen LogP contribution in [0.5, 0.6) is 5.75 Å². The Bertz CT molecular complexity index is 1090. The Morgan fingerprint density at radius 2 is 1.97 bits per heavy atom. The summed E-state index contributed by atoms with van der Waals surface area (Å²) in [7, 11) is 5.51. The van der Waals surface area contributed by atoms with Crippen LogP contribution in [0, 0.1) is 18.7 Å². The number of carbonyl (C=O) groups is 1. The molecule has 0 bridgehead atoms. The summed E-state index contributed by atoms with van der Waals surface area (Å²) in [6.07, 6.45) is 3.16. The number of rotatable bonds is 5. The van der Waals surface area contributed by atoms with E-state index in [-0.39, 0.29) is 28.6 Å². The SMILES string of the molecule is COc1c(N2CC(C)C(N(C)C)C2)c(F)c(C)c2c(=O)c(C(=O)O)cn(C3CC3)c12. The second-order valence-electron chi connectivity index (χ2n) is 8.77. The van der Waals surface area contributed by atoms with Crippen molar-refractivity contribution in [2.45, 2.75) is 38.8 Å². The van der Waals surface area contributed by atoms with E-state index in [4.69, 9.17) is 4.74 Å². The van der Waals surface area contributed by atoms with E-state index in [0.29, 0.717) is 36.0 Å². The highest BCUT2D eigenvalue weighted by Crippen LogP contribution is 2.46. The number of fused-ring (bicyclic) bond motifs is 1. The molecule has 162 valence electrons. The van der Waals surface area contributed by atoms with E-state index in [1.165, 1.54) is 13.3 Å². The van der Waals surface area contributed by atoms with Crippen LogP contribution in [0.3, 0.4) is 0 Å². The number of carboxylic acids is 1. The van der Waals surface area contributed by atoms with Gasteiger partial charge in [-0.25, -0.2) is 9.18 Å². The number of likely N-dealkylation sites (N-methyl/N-ethyl adjacent to an activating group) is 1. The smallest absolute Gasteiger partial charge is 0.341 e. The lowest BCUT2D eigenvalue weighted by molar-refractivity contribution is 0.0695. The number of aryl methyl sites for hydroxylation is 1. The van der Waals surface area contributed by atoms with Crippen LogP contribution in [0.4, 0.5) is 10.1 Å². The molecule has 1 saturated carbocycles. The number of aromatic carboxylic acids is 1. The first-order valence-electron chi connectivity index (χ1n) is 10.3. The second-order valence-corrected chi connectivity index (χ2v) is 8.77. The highest BCUT2D eigenvalue weighted by Gasteiger charge is 2.37. The molecule has 1 N–H and O–H groups in total. The number of halogens is 1. The fourth-order valence-corrected chi connectivity index (χ4v) is 4.78. The molecule has 2 atom stereocenters. The zero-order valence-corrected chi connectivity index (χ0v) is 18.0. The lowest BCUT2D eigenvalue weighted by Gasteiger charge is -2.27. The van der Waals surface area contributed by atoms with E-state index < -0.39 is 17.2 Å². The molecule has 2 heterocycles. The van der Waals surface area contributed by atoms with Crippen molar-refractivity contribution in [1.29, 1.82) is 0 Å². The number of carboxylic acid groups (broad SMARTS) is 1. The van der Waals surface area contributed by atoms with Crippen molar-refractivity contribution in [3.63, 3.8) is 0 Å². The maximum Gasteiger partial charge on any atom is 0.341 e. The van der Waals surface area contributed by atoms with Gasteiger partial charge in [-0.05, 0) is 39.8 Å². The standard InChI is InChI=1S/C22H28FN3O4/c1-11-8-25(10-15(11)24(3)4)19-17(23)12(2)16-18(21(19)30-5)26(13-6-7-13)9-14(20(16)27)22(28)29/h9,11,13,15H,6-8,10H2,1-5H3,(H,28,29). The first-order valence-corrected chi connectivity index (χ1v) is 10.3. The predicted molar refractivity (Wildman–Crippen MR) is 114 cm³/mol. The minimum atomic E-state index is -1.30. The second kappa shape index (κ2) is 7.27. The molecule has 2 fully saturated rings. The third-order valence-corrected chi connectivity index (χ3v) is 6.50. The number of hydrogen-bond donors (Lipinski definition) is 1. The van der Waals surface area contributed by atoms with Gasteiger partial charge in [0.15, 0.2) is 11.6 Å². The van der Waals surface area contributed by atoms with Crippen LogP contribution in [0.2, 0.25) is 0 Å². The van der Waals surface area contributed by atoms with E-state index in [9.17, 15) is 14.7 Å². The van der Waals surface area contributed by atoms with Crippen LogP contribution in [0.25, 0.3) is 10.9 Å². The molecule has 0 spiro atoms. The van der Waals surface area contributed by atoms with Gasteiger partial charge in [0.1, 0.15) is 11.3 Å². The summed E-state index contributed by atoms with van der Waals surface area (Å²) in [6, 6.07) is 0.356. The van der Waals surface area contributed by atoms with Gasteiger partial charge in [0, 0.05) is 36.9 Å². The molecule has 4 rings (SSSR count). The molecular formula is C22H28FN3O4. The Kier molecular flexibility index (Phi) is 5.00. The average Bonchev–Trinajstić information content (AvgIpc) is 3.45. The zero-order chi connectivity index (χ0) is 21.9. The summed E-state index contributed by atoms with van der Waals surface area (Å²) in [5.41, 5.74) is 0.00969. The van der Waals surface area contributed by atoms with Gasteiger partial charge in [-0.1, -0.05) is 6.92 Å². The number of ether oxygens (including phenoxy) is 1. The van der Waals surface area contributed by atoms with Crippen molar-refractivity contribution in [1.82, 2.24) is 9.47 Å². The maximum absolute atomic E-state index is 15.7. The fourth-order valence-electron chi connectivity index (χ4n) is 4.78. The first kappa shape index (κ1) is 20.7. The van der Waals surface area contributed by atoms with Crippen molar-refractivity contribution in [2.75, 3.05) is 39.2 Å². The van der Waals surface area contributed by atoms with Crippen LogP contribution in [-0.2, 0) is 0 Å². The topological polar surface area (TPSA) is 75.0 Å². The van der Waals surface area contributed by atoms with Gasteiger partial charge in [-0.3, -0.25) is 4.79 Å². The van der Waals surface area contributed by atoms with E-state index in [0.717, 1.165) is 12.8 Å². The van der Waals surface area contributed by atoms with Crippen molar-refractivity contribution in [2.24, 2.45) is 5.92 Å². The molecule has 0 amide bonds. The summed E-state index contributed by atoms with van der Waals surface area (Å²) in [6.45, 7) is 5.01. The third-order valence-electron chi connectivity index (χ3n) is 6.50. The lowest BCUT2D eigenvalue weighted by Crippen LogP contribution is -2.34. The van der Waals surface area contributed by atoms with Crippen LogP contribution in [-0.4, -0.2) is 60.9 Å². The number of anilines is 1. The van der Waals surface area contributed by atoms with Crippen LogP contribution >= 0.6 is 0 Å². The number of pyridine rings is 1. The summed E-state index contributed by atoms with van der Waals surface area (Å²) < 4.78 is 23.2. The Morgan fingerprint density at radius 3 is 2.47 bits per heavy atom. The van der Waals surface area contributed by atoms with Crippen LogP contribution in [0.1, 0.15) is 41.7 Å². The van der Waals surface area contributed by atoms with Gasteiger partial charge in [0.05, 0.1) is 18.0 Å². The Hall–Kier alpha value is -2.61. The Labute approximate surface area is 174 Å². The lowest BCUT2D eigenvalue weighted by atomic mass is 10.0. The molecule has 0 radical (unpaired) electrons. The quantitative estimate of drug-likeness (QED) is 0.806. The molecule has 30 heavy (non-hydrogen) atoms. The molecule has 1 aromatic heterocycles. The Morgan fingerprint density at radius 1 is 1.30 bits per heavy atom. The summed E-state index contributed by atoms with van der Waals surface area (Å²) >= 11 is 0. The summed E-state index contributed by atoms with van der Waals surface area (Å²) in [4.78, 5) is 28.8. The number of methoxy groups -OCH3 is 1. The first-order chi connectivity index (χ1) is 14.2. The molecule has 2 aliphatic rings. The largest absolute Gasteiger partial charge is 0.492 e. The van der Waals surface area contributed by atoms with Crippen molar-refractivity contribution in [3.8, 4) is 5.75 Å². The molecule has 2 aromatic rings. The highest BCUT2D eigenvalue weighted by atomic mass is 19.1. The van der Waals surface area contributed by atoms with Gasteiger partial charge >= 0.3 is 5.97 Å². The third kappa shape index (κ3) is 3.05. The number of benzene rings is 1. The zero-order valence-electron chi connectivity index (χ0n) is 18.0. The molecular weight excluding hydrogens is 389 g/mol. The van der Waals surface area contributed by atoms with E-state index in [1.54, 1.807) is 11.5 Å². The van der Waals surface area contributed by atoms with Gasteiger partial charge in [-0.2, -0.15) is 0 Å². The molecule has 7 nitrogen and oxygen atoms in total. The maximum atomic E-state index is 15.7. The summed E-state index contributed by atoms with van der Waals surface area (Å²) in [5.74, 6) is -1.19. The highest BCUT2D eigenvalue weighted by molar-refractivity contribution is 5.99. The normalized spacial score (nSPS) is 21.6. The van der Waals surface area contributed by atoms with Crippen molar-refractivity contribution in [3.05, 3.63) is 33.4 Å². The van der Waals surface area contributed by atoms with E-state index in [1.807, 2.05) is 19.0 Å². The molecule has 2 unspecified atom stereocenters. The number of nitrogens with zero attached hydrogens (tertiary/aromatic N) is 3. The molecule has 1 aliphatic carbocycles. The summed E-state index contributed by atoms with van der Waals surface area (Å²) in [5, 5.41) is 9.62. The van der Waals surface area contributed by atoms with Gasteiger partial charge in [-0.15, -0.1) is 0 Å². The fraction of sp³-hybridized carbons (Fsp3) is 0.545. The monoisotopic (exact) mass is 417 g/mol. The minimum absolute atomic E-state index is 0.0878. The van der Waals surface area contributed by atoms with Gasteiger partial charge < -0.3 is 24.2 Å². The van der Waals surface area contributed by atoms with Crippen molar-refractivity contribution < 1.29 is 19.0 Å². The molecule has 1 saturated heterocycles. The molecule has 8 heteroatoms. The number of hydrogen-bond acceptors (Lipinski definition) is 5. The predicted octanol–water partition coefficient (Wildman–Crippen LogP) is 2.88.